The van der Waals surface area contributed by atoms with Gasteiger partial charge in [-0.2, -0.15) is 0 Å². The number of hydrogen-bond acceptors (Lipinski definition) is 6. The number of primary amides is 1. The molecular weight excluding hydrogens is 353 g/mol. The second-order valence-corrected chi connectivity index (χ2v) is 5.64. The molecule has 1 heterocycles. The van der Waals surface area contributed by atoms with Gasteiger partial charge in [-0.1, -0.05) is 0 Å². The molecule has 2 aromatic carbocycles. The Bertz CT molecular complexity index is 946. The number of ether oxygens (including phenoxy) is 1. The molecule has 4 N–H and O–H groups in total. The SMILES string of the molecule is NC(=O)c1cc([C@@H](O)CO)nc(-c2ccc(Oc3ccc(F)cc3)cc2)n1. The van der Waals surface area contributed by atoms with Gasteiger partial charge in [0, 0.05) is 5.56 Å². The van der Waals surface area contributed by atoms with Crippen LogP contribution in [0.2, 0.25) is 0 Å². The molecule has 0 unspecified atom stereocenters. The van der Waals surface area contributed by atoms with Crippen molar-refractivity contribution >= 4 is 5.91 Å². The first-order valence-electron chi connectivity index (χ1n) is 7.98. The summed E-state index contributed by atoms with van der Waals surface area (Å²) in [4.78, 5) is 19.7. The van der Waals surface area contributed by atoms with Gasteiger partial charge in [0.25, 0.3) is 5.91 Å². The number of rotatable bonds is 6. The standard InChI is InChI=1S/C19H16FN3O4/c20-12-3-7-14(8-4-12)27-13-5-1-11(2-6-13)19-22-15(17(25)10-24)9-16(23-19)18(21)26/h1-9,17,24-25H,10H2,(H2,21,26)/t17-/m0/s1. The lowest BCUT2D eigenvalue weighted by molar-refractivity contribution is 0.0916. The van der Waals surface area contributed by atoms with Crippen molar-refractivity contribution in [2.24, 2.45) is 5.73 Å². The molecular formula is C19H16FN3O4. The van der Waals surface area contributed by atoms with Crippen LogP contribution < -0.4 is 10.5 Å². The number of aliphatic hydroxyl groups excluding tert-OH is 2. The van der Waals surface area contributed by atoms with Gasteiger partial charge in [0.15, 0.2) is 5.82 Å². The molecule has 0 aliphatic rings. The normalized spacial score (nSPS) is 11.8. The van der Waals surface area contributed by atoms with Crippen LogP contribution in [0.25, 0.3) is 11.4 Å². The van der Waals surface area contributed by atoms with Crippen LogP contribution in [0.5, 0.6) is 11.5 Å². The molecule has 1 atom stereocenters. The van der Waals surface area contributed by atoms with Crippen LogP contribution >= 0.6 is 0 Å². The first kappa shape index (κ1) is 18.4. The number of carbonyl (C=O) groups is 1. The second kappa shape index (κ2) is 7.90. The molecule has 0 bridgehead atoms. The Labute approximate surface area is 153 Å². The van der Waals surface area contributed by atoms with Gasteiger partial charge in [-0.3, -0.25) is 4.79 Å². The van der Waals surface area contributed by atoms with E-state index in [4.69, 9.17) is 15.6 Å². The lowest BCUT2D eigenvalue weighted by Crippen LogP contribution is -2.16. The Morgan fingerprint density at radius 1 is 1.07 bits per heavy atom. The van der Waals surface area contributed by atoms with Crippen molar-refractivity contribution < 1.29 is 24.1 Å². The molecule has 8 heteroatoms. The maximum atomic E-state index is 12.9. The summed E-state index contributed by atoms with van der Waals surface area (Å²) in [6, 6.07) is 13.5. The lowest BCUT2D eigenvalue weighted by atomic mass is 10.1. The summed E-state index contributed by atoms with van der Waals surface area (Å²) >= 11 is 0. The Morgan fingerprint density at radius 3 is 2.22 bits per heavy atom. The van der Waals surface area contributed by atoms with Crippen molar-refractivity contribution in [2.45, 2.75) is 6.10 Å². The minimum atomic E-state index is -1.26. The van der Waals surface area contributed by atoms with Gasteiger partial charge in [0.1, 0.15) is 29.1 Å². The molecule has 0 saturated heterocycles. The Hall–Kier alpha value is -3.36. The highest BCUT2D eigenvalue weighted by Gasteiger charge is 2.15. The number of aliphatic hydroxyl groups is 2. The second-order valence-electron chi connectivity index (χ2n) is 5.64. The highest BCUT2D eigenvalue weighted by molar-refractivity contribution is 5.91. The fraction of sp³-hybridized carbons (Fsp3) is 0.105. The first-order chi connectivity index (χ1) is 13.0. The van der Waals surface area contributed by atoms with Gasteiger partial charge >= 0.3 is 0 Å². The first-order valence-corrected chi connectivity index (χ1v) is 7.98. The summed E-state index contributed by atoms with van der Waals surface area (Å²) in [5, 5.41) is 18.9. The monoisotopic (exact) mass is 369 g/mol. The molecule has 0 fully saturated rings. The summed E-state index contributed by atoms with van der Waals surface area (Å²) in [5.74, 6) is 0.0185. The van der Waals surface area contributed by atoms with E-state index in [0.717, 1.165) is 0 Å². The average Bonchev–Trinajstić information content (AvgIpc) is 2.69. The summed E-state index contributed by atoms with van der Waals surface area (Å²) in [6.45, 7) is -0.556. The number of benzene rings is 2. The van der Waals surface area contributed by atoms with Crippen LogP contribution in [0, 0.1) is 5.82 Å². The van der Waals surface area contributed by atoms with Crippen LogP contribution in [-0.2, 0) is 0 Å². The third-order valence-electron chi connectivity index (χ3n) is 3.67. The maximum absolute atomic E-state index is 12.9. The highest BCUT2D eigenvalue weighted by Crippen LogP contribution is 2.25. The number of aromatic nitrogens is 2. The summed E-state index contributed by atoms with van der Waals surface area (Å²) < 4.78 is 18.5. The van der Waals surface area contributed by atoms with E-state index in [2.05, 4.69) is 9.97 Å². The lowest BCUT2D eigenvalue weighted by Gasteiger charge is -2.11. The van der Waals surface area contributed by atoms with Gasteiger partial charge < -0.3 is 20.7 Å². The predicted octanol–water partition coefficient (Wildman–Crippen LogP) is 2.20. The third kappa shape index (κ3) is 4.43. The molecule has 138 valence electrons. The van der Waals surface area contributed by atoms with Crippen molar-refractivity contribution in [3.05, 3.63) is 71.8 Å². The Kier molecular flexibility index (Phi) is 5.39. The Morgan fingerprint density at radius 2 is 1.67 bits per heavy atom. The fourth-order valence-electron chi connectivity index (χ4n) is 2.30. The van der Waals surface area contributed by atoms with Crippen LogP contribution in [0.4, 0.5) is 4.39 Å². The molecule has 3 rings (SSSR count). The average molecular weight is 369 g/mol. The van der Waals surface area contributed by atoms with Gasteiger partial charge in [0.05, 0.1) is 12.3 Å². The zero-order valence-electron chi connectivity index (χ0n) is 14.0. The van der Waals surface area contributed by atoms with E-state index in [-0.39, 0.29) is 23.0 Å². The van der Waals surface area contributed by atoms with Crippen LogP contribution in [0.3, 0.4) is 0 Å². The molecule has 27 heavy (non-hydrogen) atoms. The van der Waals surface area contributed by atoms with E-state index in [1.54, 1.807) is 24.3 Å². The van der Waals surface area contributed by atoms with Gasteiger partial charge in [-0.25, -0.2) is 14.4 Å². The topological polar surface area (TPSA) is 119 Å². The molecule has 0 spiro atoms. The molecule has 1 amide bonds. The quantitative estimate of drug-likeness (QED) is 0.613. The summed E-state index contributed by atoms with van der Waals surface area (Å²) in [5.41, 5.74) is 5.83. The van der Waals surface area contributed by atoms with Gasteiger partial charge in [-0.05, 0) is 54.6 Å². The maximum Gasteiger partial charge on any atom is 0.267 e. The van der Waals surface area contributed by atoms with Gasteiger partial charge in [0.2, 0.25) is 0 Å². The summed E-state index contributed by atoms with van der Waals surface area (Å²) in [7, 11) is 0. The van der Waals surface area contributed by atoms with E-state index in [1.165, 1.54) is 30.3 Å². The highest BCUT2D eigenvalue weighted by atomic mass is 19.1. The van der Waals surface area contributed by atoms with E-state index in [1.807, 2.05) is 0 Å². The van der Waals surface area contributed by atoms with Crippen molar-refractivity contribution in [1.29, 1.82) is 0 Å². The van der Waals surface area contributed by atoms with Gasteiger partial charge in [-0.15, -0.1) is 0 Å². The predicted molar refractivity (Wildman–Crippen MR) is 94.5 cm³/mol. The summed E-state index contributed by atoms with van der Waals surface area (Å²) in [6.07, 6.45) is -1.26. The van der Waals surface area contributed by atoms with Crippen LogP contribution in [0.1, 0.15) is 22.3 Å². The Balaban J connectivity index is 1.88. The molecule has 0 saturated carbocycles. The molecule has 3 aromatic rings. The number of nitrogens with zero attached hydrogens (tertiary/aromatic N) is 2. The smallest absolute Gasteiger partial charge is 0.267 e. The number of hydrogen-bond donors (Lipinski definition) is 3. The van der Waals surface area contributed by atoms with Crippen molar-refractivity contribution in [2.75, 3.05) is 6.61 Å². The zero-order chi connectivity index (χ0) is 19.4. The van der Waals surface area contributed by atoms with E-state index in [0.29, 0.717) is 17.1 Å². The number of amides is 1. The largest absolute Gasteiger partial charge is 0.457 e. The zero-order valence-corrected chi connectivity index (χ0v) is 14.0. The minimum absolute atomic E-state index is 0.0749. The fourth-order valence-corrected chi connectivity index (χ4v) is 2.30. The molecule has 7 nitrogen and oxygen atoms in total. The number of nitrogens with two attached hydrogens (primary N) is 1. The van der Waals surface area contributed by atoms with E-state index < -0.39 is 18.6 Å². The third-order valence-corrected chi connectivity index (χ3v) is 3.67. The van der Waals surface area contributed by atoms with Crippen LogP contribution in [0.15, 0.2) is 54.6 Å². The van der Waals surface area contributed by atoms with Crippen molar-refractivity contribution in [1.82, 2.24) is 9.97 Å². The molecule has 0 aliphatic carbocycles. The molecule has 0 radical (unpaired) electrons. The van der Waals surface area contributed by atoms with Crippen LogP contribution in [-0.4, -0.2) is 32.7 Å². The minimum Gasteiger partial charge on any atom is -0.457 e. The van der Waals surface area contributed by atoms with Crippen molar-refractivity contribution in [3.63, 3.8) is 0 Å². The number of halogens is 1. The number of carbonyl (C=O) groups excluding carboxylic acids is 1. The van der Waals surface area contributed by atoms with Crippen molar-refractivity contribution in [3.8, 4) is 22.9 Å². The van der Waals surface area contributed by atoms with E-state index in [9.17, 15) is 14.3 Å². The molecule has 1 aromatic heterocycles. The molecule has 0 aliphatic heterocycles. The van der Waals surface area contributed by atoms with E-state index >= 15 is 0 Å².